The van der Waals surface area contributed by atoms with Crippen LogP contribution in [0.5, 0.6) is 0 Å². The second-order valence-corrected chi connectivity index (χ2v) is 6.20. The van der Waals surface area contributed by atoms with Crippen molar-refractivity contribution in [2.75, 3.05) is 5.73 Å². The van der Waals surface area contributed by atoms with Gasteiger partial charge in [0.15, 0.2) is 5.82 Å². The number of nitrogen functional groups attached to an aromatic ring is 1. The molecule has 1 aliphatic rings. The molecule has 1 heterocycles. The fraction of sp³-hybridized carbons (Fsp3) is 0.333. The molecule has 1 aromatic carbocycles. The summed E-state index contributed by atoms with van der Waals surface area (Å²) in [5.41, 5.74) is 7.87. The van der Waals surface area contributed by atoms with Crippen LogP contribution in [-0.2, 0) is 0 Å². The lowest BCUT2D eigenvalue weighted by Crippen LogP contribution is -2.07. The number of benzene rings is 1. The van der Waals surface area contributed by atoms with Gasteiger partial charge < -0.3 is 5.73 Å². The molecule has 0 bridgehead atoms. The van der Waals surface area contributed by atoms with Gasteiger partial charge in [0.25, 0.3) is 0 Å². The molecule has 0 saturated heterocycles. The first-order valence-corrected chi connectivity index (χ1v) is 7.82. The molecule has 3 nitrogen and oxygen atoms in total. The van der Waals surface area contributed by atoms with E-state index in [0.29, 0.717) is 17.6 Å². The number of hydrogen-bond acceptors (Lipinski definition) is 3. The van der Waals surface area contributed by atoms with E-state index in [1.165, 1.54) is 25.0 Å². The molecular weight excluding hydrogens is 368 g/mol. The highest BCUT2D eigenvalue weighted by molar-refractivity contribution is 14.1. The van der Waals surface area contributed by atoms with Gasteiger partial charge in [-0.2, -0.15) is 0 Å². The van der Waals surface area contributed by atoms with E-state index in [9.17, 15) is 4.39 Å². The summed E-state index contributed by atoms with van der Waals surface area (Å²) in [4.78, 5) is 9.04. The smallest absolute Gasteiger partial charge is 0.161 e. The second-order valence-electron chi connectivity index (χ2n) is 5.12. The summed E-state index contributed by atoms with van der Waals surface area (Å²) in [5.74, 6) is 1.32. The Kier molecular flexibility index (Phi) is 3.87. The van der Waals surface area contributed by atoms with Crippen LogP contribution < -0.4 is 5.73 Å². The van der Waals surface area contributed by atoms with E-state index in [-0.39, 0.29) is 5.82 Å². The van der Waals surface area contributed by atoms with Gasteiger partial charge in [-0.05, 0) is 59.7 Å². The van der Waals surface area contributed by atoms with Crippen molar-refractivity contribution in [3.8, 4) is 11.4 Å². The lowest BCUT2D eigenvalue weighted by molar-refractivity contribution is 0.628. The zero-order valence-electron chi connectivity index (χ0n) is 10.9. The summed E-state index contributed by atoms with van der Waals surface area (Å²) in [6.45, 7) is 0. The Hall–Kier alpha value is -1.24. The number of anilines is 1. The minimum Gasteiger partial charge on any atom is -0.383 e. The first kappa shape index (κ1) is 13.7. The van der Waals surface area contributed by atoms with Gasteiger partial charge >= 0.3 is 0 Å². The third kappa shape index (κ3) is 2.63. The Bertz CT molecular complexity index is 622. The number of halogens is 2. The zero-order chi connectivity index (χ0) is 14.1. The van der Waals surface area contributed by atoms with E-state index >= 15 is 0 Å². The van der Waals surface area contributed by atoms with Crippen LogP contribution in [0, 0.1) is 9.39 Å². The summed E-state index contributed by atoms with van der Waals surface area (Å²) in [7, 11) is 0. The molecule has 0 amide bonds. The minimum absolute atomic E-state index is 0.261. The SMILES string of the molecule is Nc1nc(-c2ccc(F)cc2)nc(C2CCCC2)c1I. The fourth-order valence-electron chi connectivity index (χ4n) is 2.68. The summed E-state index contributed by atoms with van der Waals surface area (Å²) in [6, 6.07) is 6.22. The lowest BCUT2D eigenvalue weighted by atomic mass is 10.0. The van der Waals surface area contributed by atoms with Crippen LogP contribution in [-0.4, -0.2) is 9.97 Å². The monoisotopic (exact) mass is 383 g/mol. The third-order valence-electron chi connectivity index (χ3n) is 3.75. The van der Waals surface area contributed by atoms with Crippen molar-refractivity contribution in [1.82, 2.24) is 9.97 Å². The van der Waals surface area contributed by atoms with E-state index in [1.54, 1.807) is 12.1 Å². The highest BCUT2D eigenvalue weighted by Gasteiger charge is 2.23. The van der Waals surface area contributed by atoms with E-state index in [0.717, 1.165) is 27.7 Å². The highest BCUT2D eigenvalue weighted by atomic mass is 127. The number of hydrogen-bond donors (Lipinski definition) is 1. The molecule has 2 aromatic rings. The summed E-state index contributed by atoms with van der Waals surface area (Å²) >= 11 is 2.23. The van der Waals surface area contributed by atoms with Crippen LogP contribution in [0.25, 0.3) is 11.4 Å². The molecule has 1 fully saturated rings. The number of rotatable bonds is 2. The topological polar surface area (TPSA) is 51.8 Å². The number of aromatic nitrogens is 2. The lowest BCUT2D eigenvalue weighted by Gasteiger charge is -2.14. The van der Waals surface area contributed by atoms with Gasteiger partial charge in [-0.1, -0.05) is 12.8 Å². The Morgan fingerprint density at radius 2 is 1.75 bits per heavy atom. The molecule has 2 N–H and O–H groups in total. The quantitative estimate of drug-likeness (QED) is 0.794. The standard InChI is InChI=1S/C15H15FIN3/c16-11-7-5-10(6-8-11)15-19-13(9-3-1-2-4-9)12(17)14(18)20-15/h5-9H,1-4H2,(H2,18,19,20). The largest absolute Gasteiger partial charge is 0.383 e. The molecule has 1 aromatic heterocycles. The molecule has 1 saturated carbocycles. The first-order chi connectivity index (χ1) is 9.65. The summed E-state index contributed by atoms with van der Waals surface area (Å²) in [5, 5.41) is 0. The van der Waals surface area contributed by atoms with Crippen molar-refractivity contribution in [3.05, 3.63) is 39.3 Å². The Morgan fingerprint density at radius 1 is 1.10 bits per heavy atom. The van der Waals surface area contributed by atoms with Crippen LogP contribution in [0.15, 0.2) is 24.3 Å². The zero-order valence-corrected chi connectivity index (χ0v) is 13.1. The number of nitrogens with zero attached hydrogens (tertiary/aromatic N) is 2. The van der Waals surface area contributed by atoms with Crippen LogP contribution in [0.1, 0.15) is 37.3 Å². The Morgan fingerprint density at radius 3 is 2.40 bits per heavy atom. The van der Waals surface area contributed by atoms with Gasteiger partial charge in [-0.15, -0.1) is 0 Å². The van der Waals surface area contributed by atoms with Gasteiger partial charge in [-0.25, -0.2) is 14.4 Å². The number of nitrogens with two attached hydrogens (primary N) is 1. The van der Waals surface area contributed by atoms with E-state index in [1.807, 2.05) is 0 Å². The summed E-state index contributed by atoms with van der Waals surface area (Å²) < 4.78 is 14.0. The minimum atomic E-state index is -0.261. The molecule has 104 valence electrons. The normalized spacial score (nSPS) is 15.7. The second kappa shape index (κ2) is 5.63. The van der Waals surface area contributed by atoms with E-state index in [2.05, 4.69) is 27.6 Å². The van der Waals surface area contributed by atoms with Crippen molar-refractivity contribution in [3.63, 3.8) is 0 Å². The molecule has 0 spiro atoms. The van der Waals surface area contributed by atoms with Crippen LogP contribution in [0.2, 0.25) is 0 Å². The van der Waals surface area contributed by atoms with Crippen molar-refractivity contribution in [2.24, 2.45) is 0 Å². The average Bonchev–Trinajstić information content (AvgIpc) is 2.96. The fourth-order valence-corrected chi connectivity index (χ4v) is 3.36. The predicted octanol–water partition coefficient (Wildman–Crippen LogP) is 4.13. The molecule has 20 heavy (non-hydrogen) atoms. The van der Waals surface area contributed by atoms with Gasteiger partial charge in [-0.3, -0.25) is 0 Å². The van der Waals surface area contributed by atoms with E-state index < -0.39 is 0 Å². The van der Waals surface area contributed by atoms with Crippen LogP contribution in [0.3, 0.4) is 0 Å². The van der Waals surface area contributed by atoms with Crippen molar-refractivity contribution in [1.29, 1.82) is 0 Å². The third-order valence-corrected chi connectivity index (χ3v) is 4.85. The molecular formula is C15H15FIN3. The maximum atomic E-state index is 13.0. The molecule has 0 unspecified atom stereocenters. The Labute approximate surface area is 131 Å². The molecule has 3 rings (SSSR count). The van der Waals surface area contributed by atoms with Crippen molar-refractivity contribution < 1.29 is 4.39 Å². The molecule has 0 radical (unpaired) electrons. The molecule has 1 aliphatic carbocycles. The van der Waals surface area contributed by atoms with Crippen LogP contribution >= 0.6 is 22.6 Å². The molecule has 0 aliphatic heterocycles. The Balaban J connectivity index is 2.05. The maximum Gasteiger partial charge on any atom is 0.161 e. The summed E-state index contributed by atoms with van der Waals surface area (Å²) in [6.07, 6.45) is 4.82. The van der Waals surface area contributed by atoms with Gasteiger partial charge in [0.1, 0.15) is 11.6 Å². The van der Waals surface area contributed by atoms with Crippen molar-refractivity contribution >= 4 is 28.4 Å². The first-order valence-electron chi connectivity index (χ1n) is 6.74. The van der Waals surface area contributed by atoms with Gasteiger partial charge in [0.05, 0.1) is 9.26 Å². The molecule has 0 atom stereocenters. The van der Waals surface area contributed by atoms with Crippen molar-refractivity contribution in [2.45, 2.75) is 31.6 Å². The maximum absolute atomic E-state index is 13.0. The predicted molar refractivity (Wildman–Crippen MR) is 85.8 cm³/mol. The highest BCUT2D eigenvalue weighted by Crippen LogP contribution is 2.37. The average molecular weight is 383 g/mol. The van der Waals surface area contributed by atoms with Gasteiger partial charge in [0.2, 0.25) is 0 Å². The van der Waals surface area contributed by atoms with Gasteiger partial charge in [0, 0.05) is 11.5 Å². The van der Waals surface area contributed by atoms with Crippen LogP contribution in [0.4, 0.5) is 10.2 Å². The van der Waals surface area contributed by atoms with E-state index in [4.69, 9.17) is 10.7 Å². The molecule has 5 heteroatoms.